The van der Waals surface area contributed by atoms with Crippen LogP contribution < -0.4 is 0 Å². The minimum Gasteiger partial charge on any atom is -0.0651 e. The largest absolute Gasteiger partial charge is 0.0651 e. The monoisotopic (exact) mass is 351 g/mol. The Labute approximate surface area is 161 Å². The molecule has 0 rings (SSSR count). The Kier molecular flexibility index (Phi) is 20.3. The maximum absolute atomic E-state index is 2.56. The van der Waals surface area contributed by atoms with Gasteiger partial charge in [-0.15, -0.1) is 0 Å². The minimum absolute atomic E-state index is 0.943. The molecule has 0 nitrogen and oxygen atoms in total. The second kappa shape index (κ2) is 20.3. The van der Waals surface area contributed by atoms with Gasteiger partial charge < -0.3 is 0 Å². The van der Waals surface area contributed by atoms with E-state index in [0.717, 1.165) is 11.8 Å². The van der Waals surface area contributed by atoms with Crippen LogP contribution in [0.3, 0.4) is 0 Å². The Hall–Kier alpha value is 0. The van der Waals surface area contributed by atoms with Crippen LogP contribution in [0.15, 0.2) is 0 Å². The zero-order valence-electron chi connectivity index (χ0n) is 18.5. The first-order valence-electron chi connectivity index (χ1n) is 12.0. The molecule has 0 aromatic carbocycles. The molecule has 0 aliphatic rings. The third kappa shape index (κ3) is 20.2. The lowest BCUT2D eigenvalue weighted by Crippen LogP contribution is -1.91. The first-order valence-corrected chi connectivity index (χ1v) is 12.0. The summed E-state index contributed by atoms with van der Waals surface area (Å²) in [5.74, 6) is 1.89. The van der Waals surface area contributed by atoms with Crippen LogP contribution >= 0.6 is 0 Å². The molecule has 25 heavy (non-hydrogen) atoms. The molecule has 0 spiro atoms. The maximum atomic E-state index is 2.56. The van der Waals surface area contributed by atoms with Crippen molar-refractivity contribution in [1.29, 1.82) is 0 Å². The third-order valence-corrected chi connectivity index (χ3v) is 6.10. The Morgan fingerprint density at radius 2 is 0.800 bits per heavy atom. The molecule has 0 aromatic rings. The summed E-state index contributed by atoms with van der Waals surface area (Å²) in [6, 6.07) is 0. The summed E-state index contributed by atoms with van der Waals surface area (Å²) in [5, 5.41) is 0. The van der Waals surface area contributed by atoms with Crippen LogP contribution in [0.2, 0.25) is 0 Å². The molecule has 0 aliphatic carbocycles. The highest BCUT2D eigenvalue weighted by atomic mass is 14.1. The van der Waals surface area contributed by atoms with Crippen molar-refractivity contribution in [2.45, 2.75) is 143 Å². The normalized spacial score (nSPS) is 13.9. The molecule has 0 amide bonds. The fourth-order valence-corrected chi connectivity index (χ4v) is 3.53. The topological polar surface area (TPSA) is 0 Å². The summed E-state index contributed by atoms with van der Waals surface area (Å²) in [6.07, 6.45) is 28.4. The van der Waals surface area contributed by atoms with Crippen LogP contribution in [-0.2, 0) is 0 Å². The lowest BCUT2D eigenvalue weighted by molar-refractivity contribution is 0.469. The van der Waals surface area contributed by atoms with E-state index in [2.05, 4.69) is 34.1 Å². The predicted molar refractivity (Wildman–Crippen MR) is 117 cm³/mol. The summed E-state index contributed by atoms with van der Waals surface area (Å²) < 4.78 is 0. The molecular weight excluding hydrogens is 300 g/mol. The van der Waals surface area contributed by atoms with E-state index in [1.165, 1.54) is 116 Å². The fourth-order valence-electron chi connectivity index (χ4n) is 3.53. The second-order valence-electron chi connectivity index (χ2n) is 8.71. The van der Waals surface area contributed by atoms with E-state index >= 15 is 0 Å². The first kappa shape index (κ1) is 25.0. The molecule has 0 aromatic heterocycles. The van der Waals surface area contributed by atoms with Gasteiger partial charge in [-0.1, -0.05) is 143 Å². The van der Waals surface area contributed by atoms with E-state index in [9.17, 15) is 0 Å². The number of hydrogen-bond acceptors (Lipinski definition) is 0. The number of rotatable bonds is 20. The highest BCUT2D eigenvalue weighted by molar-refractivity contribution is 4.65. The predicted octanol–water partition coefficient (Wildman–Crippen LogP) is 9.52. The Morgan fingerprint density at radius 1 is 0.480 bits per heavy atom. The van der Waals surface area contributed by atoms with Crippen LogP contribution in [0.4, 0.5) is 0 Å². The Morgan fingerprint density at radius 3 is 1.16 bits per heavy atom. The van der Waals surface area contributed by atoms with Crippen molar-refractivity contribution in [3.05, 3.63) is 6.42 Å². The van der Waals surface area contributed by atoms with Gasteiger partial charge in [0, 0.05) is 0 Å². The molecule has 0 heteroatoms. The van der Waals surface area contributed by atoms with Crippen LogP contribution in [0.5, 0.6) is 0 Å². The van der Waals surface area contributed by atoms with Gasteiger partial charge in [-0.25, -0.2) is 0 Å². The Bertz CT molecular complexity index is 208. The summed E-state index contributed by atoms with van der Waals surface area (Å²) in [4.78, 5) is 0. The lowest BCUT2D eigenvalue weighted by atomic mass is 9.99. The van der Waals surface area contributed by atoms with Gasteiger partial charge >= 0.3 is 0 Å². The molecule has 0 heterocycles. The van der Waals surface area contributed by atoms with Crippen molar-refractivity contribution in [3.63, 3.8) is 0 Å². The average molecular weight is 352 g/mol. The SMILES string of the molecule is CCC(C)CCCCCCC[CH]CCCCCCCCCC(C)CC. The van der Waals surface area contributed by atoms with Gasteiger partial charge in [0.25, 0.3) is 0 Å². The van der Waals surface area contributed by atoms with Crippen molar-refractivity contribution in [2.24, 2.45) is 11.8 Å². The van der Waals surface area contributed by atoms with Gasteiger partial charge in [0.2, 0.25) is 0 Å². The Balaban J connectivity index is 3.03. The lowest BCUT2D eigenvalue weighted by Gasteiger charge is -2.07. The number of unbranched alkanes of at least 4 members (excludes halogenated alkanes) is 14. The maximum Gasteiger partial charge on any atom is -0.0386 e. The first-order chi connectivity index (χ1) is 12.2. The van der Waals surface area contributed by atoms with E-state index in [-0.39, 0.29) is 0 Å². The standard InChI is InChI=1S/C25H51/c1-5-24(3)22-20-18-16-14-12-10-8-7-9-11-13-15-17-19-21-23-25(4)6-2/h8,24-25H,5-7,9-23H2,1-4H3. The molecule has 0 saturated heterocycles. The minimum atomic E-state index is 0.943. The highest BCUT2D eigenvalue weighted by Crippen LogP contribution is 2.16. The van der Waals surface area contributed by atoms with Crippen molar-refractivity contribution < 1.29 is 0 Å². The molecule has 0 fully saturated rings. The van der Waals surface area contributed by atoms with E-state index in [4.69, 9.17) is 0 Å². The summed E-state index contributed by atoms with van der Waals surface area (Å²) in [5.41, 5.74) is 0. The summed E-state index contributed by atoms with van der Waals surface area (Å²) in [6.45, 7) is 9.42. The molecule has 0 N–H and O–H groups in total. The molecule has 2 atom stereocenters. The highest BCUT2D eigenvalue weighted by Gasteiger charge is 1.99. The molecule has 0 aliphatic heterocycles. The number of hydrogen-bond donors (Lipinski definition) is 0. The molecular formula is C25H51. The van der Waals surface area contributed by atoms with Crippen molar-refractivity contribution >= 4 is 0 Å². The van der Waals surface area contributed by atoms with E-state index < -0.39 is 0 Å². The zero-order valence-corrected chi connectivity index (χ0v) is 18.5. The van der Waals surface area contributed by atoms with Gasteiger partial charge in [0.15, 0.2) is 0 Å². The van der Waals surface area contributed by atoms with Crippen LogP contribution in [0.1, 0.15) is 143 Å². The molecule has 2 unspecified atom stereocenters. The molecule has 0 saturated carbocycles. The third-order valence-electron chi connectivity index (χ3n) is 6.10. The summed E-state index contributed by atoms with van der Waals surface area (Å²) in [7, 11) is 0. The van der Waals surface area contributed by atoms with E-state index in [0.29, 0.717) is 0 Å². The quantitative estimate of drug-likeness (QED) is 0.191. The smallest absolute Gasteiger partial charge is 0.0386 e. The van der Waals surface area contributed by atoms with E-state index in [1.54, 1.807) is 0 Å². The van der Waals surface area contributed by atoms with Crippen LogP contribution in [-0.4, -0.2) is 0 Å². The van der Waals surface area contributed by atoms with Crippen molar-refractivity contribution in [3.8, 4) is 0 Å². The van der Waals surface area contributed by atoms with Gasteiger partial charge in [-0.3, -0.25) is 0 Å². The molecule has 0 bridgehead atoms. The molecule has 151 valence electrons. The van der Waals surface area contributed by atoms with Gasteiger partial charge in [0.1, 0.15) is 0 Å². The van der Waals surface area contributed by atoms with Crippen molar-refractivity contribution in [1.82, 2.24) is 0 Å². The zero-order chi connectivity index (χ0) is 18.6. The van der Waals surface area contributed by atoms with E-state index in [1.807, 2.05) is 0 Å². The molecule has 1 radical (unpaired) electrons. The van der Waals surface area contributed by atoms with Crippen LogP contribution in [0, 0.1) is 18.3 Å². The van der Waals surface area contributed by atoms with Gasteiger partial charge in [-0.05, 0) is 18.3 Å². The second-order valence-corrected chi connectivity index (χ2v) is 8.71. The van der Waals surface area contributed by atoms with Gasteiger partial charge in [-0.2, -0.15) is 0 Å². The van der Waals surface area contributed by atoms with Gasteiger partial charge in [0.05, 0.1) is 0 Å². The fraction of sp³-hybridized carbons (Fsp3) is 0.960. The summed E-state index contributed by atoms with van der Waals surface area (Å²) >= 11 is 0. The average Bonchev–Trinajstić information content (AvgIpc) is 2.63. The van der Waals surface area contributed by atoms with Crippen molar-refractivity contribution in [2.75, 3.05) is 0 Å². The van der Waals surface area contributed by atoms with Crippen LogP contribution in [0.25, 0.3) is 0 Å².